The van der Waals surface area contributed by atoms with E-state index in [0.29, 0.717) is 13.1 Å². The molecule has 0 amide bonds. The van der Waals surface area contributed by atoms with Crippen molar-refractivity contribution in [3.8, 4) is 0 Å². The maximum Gasteiger partial charge on any atom is 0.137 e. The number of imidazole rings is 1. The molecule has 2 N–H and O–H groups in total. The zero-order chi connectivity index (χ0) is 14.0. The molecule has 20 heavy (non-hydrogen) atoms. The van der Waals surface area contributed by atoms with Crippen molar-refractivity contribution in [1.29, 1.82) is 0 Å². The van der Waals surface area contributed by atoms with Gasteiger partial charge in [-0.25, -0.2) is 4.98 Å². The Labute approximate surface area is 121 Å². The van der Waals surface area contributed by atoms with E-state index < -0.39 is 5.60 Å². The fraction of sp³-hybridized carbons (Fsp3) is 0.267. The summed E-state index contributed by atoms with van der Waals surface area (Å²) >= 11 is 1.60. The summed E-state index contributed by atoms with van der Waals surface area (Å²) in [5.74, 6) is 0. The maximum absolute atomic E-state index is 10.4. The number of rotatable bonds is 5. The number of aromatic nitrogens is 2. The monoisotopic (exact) mass is 287 g/mol. The molecular formula is C15H17N3OS. The quantitative estimate of drug-likeness (QED) is 0.757. The summed E-state index contributed by atoms with van der Waals surface area (Å²) in [6.07, 6.45) is 3.98. The van der Waals surface area contributed by atoms with Gasteiger partial charge in [0.25, 0.3) is 0 Å². The summed E-state index contributed by atoms with van der Waals surface area (Å²) in [6, 6.07) is 7.89. The van der Waals surface area contributed by atoms with Crippen molar-refractivity contribution in [3.63, 3.8) is 0 Å². The van der Waals surface area contributed by atoms with Gasteiger partial charge in [-0.15, -0.1) is 0 Å². The van der Waals surface area contributed by atoms with Crippen LogP contribution in [0, 0.1) is 0 Å². The van der Waals surface area contributed by atoms with Gasteiger partial charge in [-0.3, -0.25) is 0 Å². The molecule has 0 aliphatic rings. The average Bonchev–Trinajstić information content (AvgIpc) is 3.07. The molecule has 4 nitrogen and oxygen atoms in total. The minimum Gasteiger partial charge on any atom is -0.384 e. The highest BCUT2D eigenvalue weighted by molar-refractivity contribution is 7.08. The molecule has 5 heteroatoms. The number of thiophene rings is 1. The van der Waals surface area contributed by atoms with Gasteiger partial charge in [-0.2, -0.15) is 11.3 Å². The Morgan fingerprint density at radius 1 is 1.40 bits per heavy atom. The van der Waals surface area contributed by atoms with E-state index >= 15 is 0 Å². The lowest BCUT2D eigenvalue weighted by Crippen LogP contribution is -2.34. The second-order valence-electron chi connectivity index (χ2n) is 5.09. The third-order valence-corrected chi connectivity index (χ3v) is 4.02. The molecule has 0 fully saturated rings. The normalized spacial score (nSPS) is 14.5. The lowest BCUT2D eigenvalue weighted by molar-refractivity contribution is 0.0570. The molecule has 3 aromatic rings. The van der Waals surface area contributed by atoms with Crippen LogP contribution in [0.3, 0.4) is 0 Å². The highest BCUT2D eigenvalue weighted by Crippen LogP contribution is 2.22. The van der Waals surface area contributed by atoms with Gasteiger partial charge in [-0.05, 0) is 41.4 Å². The van der Waals surface area contributed by atoms with Crippen LogP contribution in [0.2, 0.25) is 0 Å². The fourth-order valence-corrected chi connectivity index (χ4v) is 2.96. The number of nitrogens with zero attached hydrogens (tertiary/aromatic N) is 2. The molecular weight excluding hydrogens is 270 g/mol. The van der Waals surface area contributed by atoms with E-state index in [2.05, 4.69) is 10.3 Å². The standard InChI is InChI=1S/C15H17N3OS/c1-15(19,12-5-7-20-10-12)11-16-8-13-9-18-6-3-2-4-14(18)17-13/h2-7,9-10,16,19H,8,11H2,1H3. The van der Waals surface area contributed by atoms with E-state index in [1.165, 1.54) is 0 Å². The van der Waals surface area contributed by atoms with Crippen LogP contribution in [0.4, 0.5) is 0 Å². The van der Waals surface area contributed by atoms with E-state index in [4.69, 9.17) is 0 Å². The van der Waals surface area contributed by atoms with E-state index in [-0.39, 0.29) is 0 Å². The van der Waals surface area contributed by atoms with Gasteiger partial charge >= 0.3 is 0 Å². The summed E-state index contributed by atoms with van der Waals surface area (Å²) in [5.41, 5.74) is 2.01. The van der Waals surface area contributed by atoms with Crippen LogP contribution in [-0.2, 0) is 12.1 Å². The Kier molecular flexibility index (Phi) is 3.56. The highest BCUT2D eigenvalue weighted by atomic mass is 32.1. The SMILES string of the molecule is CC(O)(CNCc1cn2ccccc2n1)c1ccsc1. The number of fused-ring (bicyclic) bond motifs is 1. The van der Waals surface area contributed by atoms with Crippen LogP contribution >= 0.6 is 11.3 Å². The van der Waals surface area contributed by atoms with Crippen LogP contribution in [0.15, 0.2) is 47.4 Å². The summed E-state index contributed by atoms with van der Waals surface area (Å²) in [7, 11) is 0. The molecule has 0 aliphatic heterocycles. The summed E-state index contributed by atoms with van der Waals surface area (Å²) < 4.78 is 1.99. The van der Waals surface area contributed by atoms with Crippen LogP contribution in [-0.4, -0.2) is 21.0 Å². The molecule has 1 atom stereocenters. The maximum atomic E-state index is 10.4. The van der Waals surface area contributed by atoms with Crippen molar-refractivity contribution < 1.29 is 5.11 Å². The molecule has 0 bridgehead atoms. The van der Waals surface area contributed by atoms with Crippen LogP contribution in [0.25, 0.3) is 5.65 Å². The Morgan fingerprint density at radius 2 is 2.30 bits per heavy atom. The predicted molar refractivity (Wildman–Crippen MR) is 80.8 cm³/mol. The third kappa shape index (κ3) is 2.75. The van der Waals surface area contributed by atoms with Crippen molar-refractivity contribution in [2.24, 2.45) is 0 Å². The predicted octanol–water partition coefficient (Wildman–Crippen LogP) is 2.39. The molecule has 0 saturated heterocycles. The average molecular weight is 287 g/mol. The van der Waals surface area contributed by atoms with Crippen LogP contribution in [0.1, 0.15) is 18.2 Å². The van der Waals surface area contributed by atoms with Crippen LogP contribution < -0.4 is 5.32 Å². The number of aliphatic hydroxyl groups is 1. The minimum atomic E-state index is -0.848. The van der Waals surface area contributed by atoms with Crippen molar-refractivity contribution in [2.45, 2.75) is 19.1 Å². The lowest BCUT2D eigenvalue weighted by Gasteiger charge is -2.22. The molecule has 104 valence electrons. The number of pyridine rings is 1. The van der Waals surface area contributed by atoms with Gasteiger partial charge in [0.05, 0.1) is 11.3 Å². The smallest absolute Gasteiger partial charge is 0.137 e. The molecule has 0 radical (unpaired) electrons. The third-order valence-electron chi connectivity index (χ3n) is 3.33. The van der Waals surface area contributed by atoms with Gasteiger partial charge in [-0.1, -0.05) is 6.07 Å². The van der Waals surface area contributed by atoms with Crippen molar-refractivity contribution in [1.82, 2.24) is 14.7 Å². The zero-order valence-corrected chi connectivity index (χ0v) is 12.1. The molecule has 0 aromatic carbocycles. The van der Waals surface area contributed by atoms with Crippen molar-refractivity contribution in [2.75, 3.05) is 6.54 Å². The first-order valence-corrected chi connectivity index (χ1v) is 7.48. The lowest BCUT2D eigenvalue weighted by atomic mass is 9.99. The Bertz CT molecular complexity index is 655. The first kappa shape index (κ1) is 13.3. The van der Waals surface area contributed by atoms with Gasteiger partial charge in [0.15, 0.2) is 0 Å². The Balaban J connectivity index is 1.62. The van der Waals surface area contributed by atoms with Gasteiger partial charge < -0.3 is 14.8 Å². The van der Waals surface area contributed by atoms with Gasteiger partial charge in [0.1, 0.15) is 5.65 Å². The first-order valence-electron chi connectivity index (χ1n) is 6.53. The second-order valence-corrected chi connectivity index (χ2v) is 5.87. The van der Waals surface area contributed by atoms with E-state index in [9.17, 15) is 5.11 Å². The molecule has 3 aromatic heterocycles. The van der Waals surface area contributed by atoms with Gasteiger partial charge in [0.2, 0.25) is 0 Å². The Morgan fingerprint density at radius 3 is 3.05 bits per heavy atom. The number of hydrogen-bond donors (Lipinski definition) is 2. The van der Waals surface area contributed by atoms with E-state index in [1.54, 1.807) is 11.3 Å². The van der Waals surface area contributed by atoms with Crippen LogP contribution in [0.5, 0.6) is 0 Å². The number of hydrogen-bond acceptors (Lipinski definition) is 4. The Hall–Kier alpha value is -1.69. The molecule has 1 unspecified atom stereocenters. The van der Waals surface area contributed by atoms with Gasteiger partial charge in [0, 0.05) is 25.5 Å². The largest absolute Gasteiger partial charge is 0.384 e. The summed E-state index contributed by atoms with van der Waals surface area (Å²) in [4.78, 5) is 4.52. The summed E-state index contributed by atoms with van der Waals surface area (Å²) in [5, 5.41) is 17.6. The molecule has 0 saturated carbocycles. The molecule has 0 aliphatic carbocycles. The second kappa shape index (κ2) is 5.36. The fourth-order valence-electron chi connectivity index (χ4n) is 2.18. The number of nitrogens with one attached hydrogen (secondary N) is 1. The van der Waals surface area contributed by atoms with Crippen molar-refractivity contribution >= 4 is 17.0 Å². The molecule has 0 spiro atoms. The van der Waals surface area contributed by atoms with E-state index in [0.717, 1.165) is 16.9 Å². The van der Waals surface area contributed by atoms with E-state index in [1.807, 2.05) is 58.7 Å². The van der Waals surface area contributed by atoms with Crippen molar-refractivity contribution in [3.05, 3.63) is 58.7 Å². The molecule has 3 heterocycles. The highest BCUT2D eigenvalue weighted by Gasteiger charge is 2.22. The zero-order valence-electron chi connectivity index (χ0n) is 11.3. The minimum absolute atomic E-state index is 0.498. The first-order chi connectivity index (χ1) is 9.65. The summed E-state index contributed by atoms with van der Waals surface area (Å²) in [6.45, 7) is 2.96. The topological polar surface area (TPSA) is 49.6 Å². The molecule has 3 rings (SSSR count).